The van der Waals surface area contributed by atoms with Crippen LogP contribution in [0.1, 0.15) is 46.2 Å². The molecule has 54 heavy (non-hydrogen) atoms. The van der Waals surface area contributed by atoms with Gasteiger partial charge in [0.2, 0.25) is 0 Å². The summed E-state index contributed by atoms with van der Waals surface area (Å²) in [5.41, 5.74) is 7.23. The van der Waals surface area contributed by atoms with Crippen molar-refractivity contribution < 1.29 is 23.7 Å². The molecular formula is C45H58N4O5. The smallest absolute Gasteiger partial charge is 0.134 e. The lowest BCUT2D eigenvalue weighted by Gasteiger charge is -2.26. The van der Waals surface area contributed by atoms with E-state index in [1.165, 1.54) is 22.3 Å². The summed E-state index contributed by atoms with van der Waals surface area (Å²) in [5, 5.41) is 7.06. The number of aryl methyl sites for hydroxylation is 1. The number of hydrogen-bond acceptors (Lipinski definition) is 9. The molecule has 4 aromatic carbocycles. The topological polar surface area (TPSA) is 76.7 Å². The normalized spacial score (nSPS) is 15.2. The van der Waals surface area contributed by atoms with Gasteiger partial charge in [0.15, 0.2) is 0 Å². The zero-order valence-corrected chi connectivity index (χ0v) is 32.0. The molecule has 0 amide bonds. The van der Waals surface area contributed by atoms with E-state index in [9.17, 15) is 0 Å². The number of nitrogens with one attached hydrogen (secondary N) is 2. The van der Waals surface area contributed by atoms with Crippen molar-refractivity contribution in [3.63, 3.8) is 0 Å². The number of rotatable bonds is 21. The van der Waals surface area contributed by atoms with Gasteiger partial charge in [-0.05, 0) is 91.0 Å². The summed E-state index contributed by atoms with van der Waals surface area (Å²) < 4.78 is 29.2. The van der Waals surface area contributed by atoms with Gasteiger partial charge >= 0.3 is 0 Å². The van der Waals surface area contributed by atoms with Crippen molar-refractivity contribution in [2.45, 2.75) is 45.9 Å². The Kier molecular flexibility index (Phi) is 15.8. The lowest BCUT2D eigenvalue weighted by molar-refractivity contribution is 0.0341. The van der Waals surface area contributed by atoms with Crippen molar-refractivity contribution in [3.05, 3.63) is 131 Å². The van der Waals surface area contributed by atoms with Crippen LogP contribution in [0.2, 0.25) is 0 Å². The average molecular weight is 735 g/mol. The fraction of sp³-hybridized carbons (Fsp3) is 0.422. The average Bonchev–Trinajstić information content (AvgIpc) is 3.21. The van der Waals surface area contributed by atoms with Crippen LogP contribution in [-0.4, -0.2) is 88.7 Å². The van der Waals surface area contributed by atoms with Gasteiger partial charge in [-0.3, -0.25) is 9.80 Å². The van der Waals surface area contributed by atoms with Gasteiger partial charge in [0.25, 0.3) is 0 Å². The van der Waals surface area contributed by atoms with E-state index in [1.807, 2.05) is 49.4 Å². The van der Waals surface area contributed by atoms with Crippen LogP contribution in [0.25, 0.3) is 5.76 Å². The summed E-state index contributed by atoms with van der Waals surface area (Å²) in [4.78, 5) is 4.89. The van der Waals surface area contributed by atoms with Gasteiger partial charge in [-0.1, -0.05) is 61.2 Å². The Morgan fingerprint density at radius 3 is 1.59 bits per heavy atom. The molecule has 0 unspecified atom stereocenters. The SMILES string of the molecule is C=C(Oc1cc(OCCCNCc2ccc(CN3CCOCC3)cc2)ccc1C)c1ccc(OCCCNCc2ccc(CN3CCOCC3)cc2)cc1. The number of hydrogen-bond donors (Lipinski definition) is 2. The molecule has 9 heteroatoms. The zero-order chi connectivity index (χ0) is 37.2. The molecule has 288 valence electrons. The second kappa shape index (κ2) is 21.6. The highest BCUT2D eigenvalue weighted by Crippen LogP contribution is 2.29. The summed E-state index contributed by atoms with van der Waals surface area (Å²) in [6.45, 7) is 20.3. The quantitative estimate of drug-likeness (QED) is 0.0709. The van der Waals surface area contributed by atoms with E-state index < -0.39 is 0 Å². The van der Waals surface area contributed by atoms with Crippen molar-refractivity contribution in [3.8, 4) is 17.2 Å². The zero-order valence-electron chi connectivity index (χ0n) is 32.0. The second-order valence-electron chi connectivity index (χ2n) is 14.1. The first kappa shape index (κ1) is 39.5. The number of morpholine rings is 2. The molecule has 2 aliphatic heterocycles. The minimum Gasteiger partial charge on any atom is -0.494 e. The highest BCUT2D eigenvalue weighted by Gasteiger charge is 2.12. The molecule has 0 saturated carbocycles. The van der Waals surface area contributed by atoms with Crippen molar-refractivity contribution in [1.29, 1.82) is 0 Å². The van der Waals surface area contributed by atoms with Crippen LogP contribution in [0, 0.1) is 6.92 Å². The Hall–Kier alpha value is -4.22. The Morgan fingerprint density at radius 1 is 0.611 bits per heavy atom. The largest absolute Gasteiger partial charge is 0.494 e. The van der Waals surface area contributed by atoms with Crippen LogP contribution < -0.4 is 24.8 Å². The molecular weight excluding hydrogens is 677 g/mol. The van der Waals surface area contributed by atoms with Gasteiger partial charge in [0.1, 0.15) is 23.0 Å². The molecule has 0 spiro atoms. The van der Waals surface area contributed by atoms with Crippen molar-refractivity contribution >= 4 is 5.76 Å². The minimum absolute atomic E-state index is 0.582. The molecule has 0 radical (unpaired) electrons. The summed E-state index contributed by atoms with van der Waals surface area (Å²) >= 11 is 0. The van der Waals surface area contributed by atoms with Crippen LogP contribution in [0.4, 0.5) is 0 Å². The summed E-state index contributed by atoms with van der Waals surface area (Å²) in [6, 6.07) is 31.7. The first-order chi connectivity index (χ1) is 26.6. The first-order valence-electron chi connectivity index (χ1n) is 19.6. The third-order valence-corrected chi connectivity index (χ3v) is 9.83. The van der Waals surface area contributed by atoms with Crippen LogP contribution >= 0.6 is 0 Å². The maximum Gasteiger partial charge on any atom is 0.134 e. The van der Waals surface area contributed by atoms with Crippen molar-refractivity contribution in [1.82, 2.24) is 20.4 Å². The van der Waals surface area contributed by atoms with Gasteiger partial charge in [0, 0.05) is 64.0 Å². The van der Waals surface area contributed by atoms with E-state index in [0.717, 1.165) is 133 Å². The Morgan fingerprint density at radius 2 is 1.07 bits per heavy atom. The molecule has 0 bridgehead atoms. The van der Waals surface area contributed by atoms with Gasteiger partial charge < -0.3 is 34.3 Å². The molecule has 0 atom stereocenters. The lowest BCUT2D eigenvalue weighted by atomic mass is 10.1. The van der Waals surface area contributed by atoms with E-state index in [-0.39, 0.29) is 0 Å². The van der Waals surface area contributed by atoms with E-state index in [0.29, 0.717) is 19.0 Å². The number of benzene rings is 4. The van der Waals surface area contributed by atoms with Crippen LogP contribution in [0.3, 0.4) is 0 Å². The molecule has 2 aliphatic rings. The van der Waals surface area contributed by atoms with E-state index in [2.05, 4.69) is 75.5 Å². The summed E-state index contributed by atoms with van der Waals surface area (Å²) in [7, 11) is 0. The molecule has 2 heterocycles. The summed E-state index contributed by atoms with van der Waals surface area (Å²) in [5.74, 6) is 2.94. The molecule has 2 N–H and O–H groups in total. The van der Waals surface area contributed by atoms with Crippen LogP contribution in [0.15, 0.2) is 97.6 Å². The van der Waals surface area contributed by atoms with Gasteiger partial charge in [-0.25, -0.2) is 0 Å². The molecule has 2 saturated heterocycles. The highest BCUT2D eigenvalue weighted by atomic mass is 16.5. The van der Waals surface area contributed by atoms with E-state index in [4.69, 9.17) is 23.7 Å². The Balaban J connectivity index is 0.827. The molecule has 0 aromatic heterocycles. The Bertz CT molecular complexity index is 1690. The van der Waals surface area contributed by atoms with Gasteiger partial charge in [0.05, 0.1) is 39.6 Å². The highest BCUT2D eigenvalue weighted by molar-refractivity contribution is 5.61. The van der Waals surface area contributed by atoms with E-state index in [1.54, 1.807) is 0 Å². The third kappa shape index (κ3) is 13.3. The van der Waals surface area contributed by atoms with Crippen molar-refractivity contribution in [2.75, 3.05) is 78.9 Å². The summed E-state index contributed by atoms with van der Waals surface area (Å²) in [6.07, 6.45) is 1.83. The van der Waals surface area contributed by atoms with E-state index >= 15 is 0 Å². The Labute approximate surface area is 322 Å². The maximum absolute atomic E-state index is 6.21. The first-order valence-corrected chi connectivity index (χ1v) is 19.6. The monoisotopic (exact) mass is 734 g/mol. The third-order valence-electron chi connectivity index (χ3n) is 9.83. The molecule has 6 rings (SSSR count). The van der Waals surface area contributed by atoms with Gasteiger partial charge in [-0.15, -0.1) is 0 Å². The maximum atomic E-state index is 6.21. The molecule has 0 aliphatic carbocycles. The second-order valence-corrected chi connectivity index (χ2v) is 14.1. The molecule has 2 fully saturated rings. The van der Waals surface area contributed by atoms with Crippen molar-refractivity contribution in [2.24, 2.45) is 0 Å². The standard InChI is InChI=1S/C45H58N4O5/c1-36-5-16-44(53-26-4-20-47-33-39-8-12-41(13-9-39)35-49-23-29-51-30-24-49)31-45(36)54-37(2)42-14-17-43(18-15-42)52-25-3-19-46-32-38-6-10-40(11-7-38)34-48-21-27-50-28-22-48/h5-18,31,46-47H,2-4,19-30,32-35H2,1H3. The fourth-order valence-corrected chi connectivity index (χ4v) is 6.51. The lowest BCUT2D eigenvalue weighted by Crippen LogP contribution is -2.35. The van der Waals surface area contributed by atoms with Crippen LogP contribution in [0.5, 0.6) is 17.2 Å². The fourth-order valence-electron chi connectivity index (χ4n) is 6.51. The van der Waals surface area contributed by atoms with Crippen LogP contribution in [-0.2, 0) is 35.7 Å². The van der Waals surface area contributed by atoms with Gasteiger partial charge in [-0.2, -0.15) is 0 Å². The molecule has 9 nitrogen and oxygen atoms in total. The number of ether oxygens (including phenoxy) is 5. The predicted molar refractivity (Wildman–Crippen MR) is 216 cm³/mol. The number of nitrogens with zero attached hydrogens (tertiary/aromatic N) is 2. The molecule has 4 aromatic rings. The predicted octanol–water partition coefficient (Wildman–Crippen LogP) is 6.83. The minimum atomic E-state index is 0.582.